The molecule has 5 nitrogen and oxygen atoms in total. The third-order valence-electron chi connectivity index (χ3n) is 3.72. The molecule has 0 unspecified atom stereocenters. The molecule has 3 aromatic rings. The SMILES string of the molecule is CC(C)n1cnc2cc(C(=O)NCc3c(F)cccc3F)cnc21. The summed E-state index contributed by atoms with van der Waals surface area (Å²) in [7, 11) is 0. The maximum Gasteiger partial charge on any atom is 0.253 e. The lowest BCUT2D eigenvalue weighted by atomic mass is 10.2. The summed E-state index contributed by atoms with van der Waals surface area (Å²) in [5, 5.41) is 2.50. The number of aromatic nitrogens is 3. The standard InChI is InChI=1S/C17H16F2N4O/c1-10(2)23-9-22-15-6-11(7-20-16(15)23)17(24)21-8-12-13(18)4-3-5-14(12)19/h3-7,9-10H,8H2,1-2H3,(H,21,24). The molecule has 0 atom stereocenters. The van der Waals surface area contributed by atoms with Crippen LogP contribution in [-0.4, -0.2) is 20.4 Å². The van der Waals surface area contributed by atoms with Gasteiger partial charge in [-0.05, 0) is 32.0 Å². The maximum atomic E-state index is 13.6. The van der Waals surface area contributed by atoms with Gasteiger partial charge in [-0.25, -0.2) is 18.7 Å². The van der Waals surface area contributed by atoms with Crippen molar-refractivity contribution in [2.24, 2.45) is 0 Å². The van der Waals surface area contributed by atoms with Gasteiger partial charge < -0.3 is 9.88 Å². The lowest BCUT2D eigenvalue weighted by Gasteiger charge is -2.08. The Balaban J connectivity index is 1.79. The van der Waals surface area contributed by atoms with E-state index in [1.165, 1.54) is 12.3 Å². The van der Waals surface area contributed by atoms with Gasteiger partial charge >= 0.3 is 0 Å². The van der Waals surface area contributed by atoms with E-state index in [9.17, 15) is 13.6 Å². The second kappa shape index (κ2) is 6.35. The van der Waals surface area contributed by atoms with Crippen LogP contribution in [0.15, 0.2) is 36.8 Å². The highest BCUT2D eigenvalue weighted by atomic mass is 19.1. The van der Waals surface area contributed by atoms with E-state index in [4.69, 9.17) is 0 Å². The largest absolute Gasteiger partial charge is 0.348 e. The molecule has 24 heavy (non-hydrogen) atoms. The number of benzene rings is 1. The number of pyridine rings is 1. The average molecular weight is 330 g/mol. The average Bonchev–Trinajstić information content (AvgIpc) is 2.97. The van der Waals surface area contributed by atoms with Crippen LogP contribution in [0.2, 0.25) is 0 Å². The Morgan fingerprint density at radius 3 is 2.62 bits per heavy atom. The monoisotopic (exact) mass is 330 g/mol. The Labute approximate surface area is 137 Å². The van der Waals surface area contributed by atoms with Crippen molar-refractivity contribution in [2.75, 3.05) is 0 Å². The predicted octanol–water partition coefficient (Wildman–Crippen LogP) is 3.22. The molecule has 2 aromatic heterocycles. The van der Waals surface area contributed by atoms with Gasteiger partial charge in [-0.15, -0.1) is 0 Å². The zero-order chi connectivity index (χ0) is 17.3. The van der Waals surface area contributed by atoms with Gasteiger partial charge in [0.25, 0.3) is 5.91 Å². The van der Waals surface area contributed by atoms with E-state index in [0.29, 0.717) is 11.2 Å². The molecule has 0 aliphatic rings. The zero-order valence-electron chi connectivity index (χ0n) is 13.3. The fraction of sp³-hybridized carbons (Fsp3) is 0.235. The van der Waals surface area contributed by atoms with E-state index >= 15 is 0 Å². The summed E-state index contributed by atoms with van der Waals surface area (Å²) in [4.78, 5) is 20.7. The third kappa shape index (κ3) is 2.97. The van der Waals surface area contributed by atoms with Gasteiger partial charge in [0.05, 0.1) is 11.9 Å². The lowest BCUT2D eigenvalue weighted by molar-refractivity contribution is 0.0950. The van der Waals surface area contributed by atoms with Crippen LogP contribution >= 0.6 is 0 Å². The van der Waals surface area contributed by atoms with Crippen LogP contribution in [0.1, 0.15) is 35.8 Å². The minimum atomic E-state index is -0.695. The van der Waals surface area contributed by atoms with E-state index in [1.807, 2.05) is 18.4 Å². The van der Waals surface area contributed by atoms with Gasteiger partial charge in [0, 0.05) is 24.3 Å². The minimum absolute atomic E-state index is 0.177. The number of fused-ring (bicyclic) bond motifs is 1. The van der Waals surface area contributed by atoms with Gasteiger partial charge in [0.15, 0.2) is 5.65 Å². The maximum absolute atomic E-state index is 13.6. The molecule has 0 radical (unpaired) electrons. The summed E-state index contributed by atoms with van der Waals surface area (Å²) >= 11 is 0. The fourth-order valence-electron chi connectivity index (χ4n) is 2.39. The molecule has 2 heterocycles. The van der Waals surface area contributed by atoms with E-state index in [2.05, 4.69) is 15.3 Å². The van der Waals surface area contributed by atoms with Gasteiger partial charge in [0.1, 0.15) is 17.2 Å². The van der Waals surface area contributed by atoms with Crippen molar-refractivity contribution in [1.82, 2.24) is 19.9 Å². The predicted molar refractivity (Wildman–Crippen MR) is 85.4 cm³/mol. The summed E-state index contributed by atoms with van der Waals surface area (Å²) in [5.41, 5.74) is 1.38. The van der Waals surface area contributed by atoms with E-state index < -0.39 is 17.5 Å². The summed E-state index contributed by atoms with van der Waals surface area (Å²) in [6.07, 6.45) is 3.09. The Kier molecular flexibility index (Phi) is 4.24. The molecule has 1 N–H and O–H groups in total. The summed E-state index contributed by atoms with van der Waals surface area (Å²) in [6.45, 7) is 3.77. The molecule has 3 rings (SSSR count). The second-order valence-corrected chi connectivity index (χ2v) is 5.70. The topological polar surface area (TPSA) is 59.8 Å². The number of nitrogens with zero attached hydrogens (tertiary/aromatic N) is 3. The second-order valence-electron chi connectivity index (χ2n) is 5.70. The van der Waals surface area contributed by atoms with Crippen molar-refractivity contribution in [3.63, 3.8) is 0 Å². The van der Waals surface area contributed by atoms with Crippen molar-refractivity contribution in [3.8, 4) is 0 Å². The van der Waals surface area contributed by atoms with Crippen molar-refractivity contribution in [1.29, 1.82) is 0 Å². The number of carbonyl (C=O) groups excluding carboxylic acids is 1. The number of rotatable bonds is 4. The van der Waals surface area contributed by atoms with Gasteiger partial charge in [-0.1, -0.05) is 6.07 Å². The van der Waals surface area contributed by atoms with E-state index in [1.54, 1.807) is 12.4 Å². The van der Waals surface area contributed by atoms with Gasteiger partial charge in [0.2, 0.25) is 0 Å². The van der Waals surface area contributed by atoms with Crippen LogP contribution < -0.4 is 5.32 Å². The Morgan fingerprint density at radius 1 is 1.25 bits per heavy atom. The van der Waals surface area contributed by atoms with Crippen molar-refractivity contribution in [3.05, 3.63) is 59.6 Å². The molecular formula is C17H16F2N4O. The fourth-order valence-corrected chi connectivity index (χ4v) is 2.39. The summed E-state index contributed by atoms with van der Waals surface area (Å²) in [5.74, 6) is -1.86. The smallest absolute Gasteiger partial charge is 0.253 e. The van der Waals surface area contributed by atoms with E-state index in [-0.39, 0.29) is 23.7 Å². The number of carbonyl (C=O) groups is 1. The van der Waals surface area contributed by atoms with Crippen molar-refractivity contribution in [2.45, 2.75) is 26.4 Å². The molecule has 0 saturated heterocycles. The van der Waals surface area contributed by atoms with Crippen molar-refractivity contribution >= 4 is 17.1 Å². The van der Waals surface area contributed by atoms with Crippen LogP contribution in [-0.2, 0) is 6.54 Å². The van der Waals surface area contributed by atoms with E-state index in [0.717, 1.165) is 12.1 Å². The normalized spacial score (nSPS) is 11.2. The van der Waals surface area contributed by atoms with Crippen LogP contribution in [0.4, 0.5) is 8.78 Å². The lowest BCUT2D eigenvalue weighted by Crippen LogP contribution is -2.24. The van der Waals surface area contributed by atoms with Crippen LogP contribution in [0.3, 0.4) is 0 Å². The third-order valence-corrected chi connectivity index (χ3v) is 3.72. The molecule has 0 fully saturated rings. The zero-order valence-corrected chi connectivity index (χ0v) is 13.3. The number of hydrogen-bond donors (Lipinski definition) is 1. The number of imidazole rings is 1. The Morgan fingerprint density at radius 2 is 1.96 bits per heavy atom. The highest BCUT2D eigenvalue weighted by molar-refractivity contribution is 5.96. The first kappa shape index (κ1) is 16.0. The molecule has 1 amide bonds. The quantitative estimate of drug-likeness (QED) is 0.799. The molecule has 0 bridgehead atoms. The molecule has 1 aromatic carbocycles. The molecule has 0 spiro atoms. The minimum Gasteiger partial charge on any atom is -0.348 e. The number of nitrogens with one attached hydrogen (secondary N) is 1. The first-order valence-corrected chi connectivity index (χ1v) is 7.51. The number of halogens is 2. The first-order chi connectivity index (χ1) is 11.5. The summed E-state index contributed by atoms with van der Waals surface area (Å²) in [6, 6.07) is 5.38. The van der Waals surface area contributed by atoms with Gasteiger partial charge in [-0.3, -0.25) is 4.79 Å². The van der Waals surface area contributed by atoms with Gasteiger partial charge in [-0.2, -0.15) is 0 Å². The Bertz CT molecular complexity index is 884. The summed E-state index contributed by atoms with van der Waals surface area (Å²) < 4.78 is 29.0. The van der Waals surface area contributed by atoms with Crippen LogP contribution in [0.5, 0.6) is 0 Å². The van der Waals surface area contributed by atoms with Crippen LogP contribution in [0, 0.1) is 11.6 Å². The molecule has 7 heteroatoms. The first-order valence-electron chi connectivity index (χ1n) is 7.51. The molecule has 0 aliphatic carbocycles. The Hall–Kier alpha value is -2.83. The molecule has 124 valence electrons. The molecule has 0 aliphatic heterocycles. The highest BCUT2D eigenvalue weighted by Crippen LogP contribution is 2.17. The number of hydrogen-bond acceptors (Lipinski definition) is 3. The number of amides is 1. The molecule has 0 saturated carbocycles. The molecular weight excluding hydrogens is 314 g/mol. The highest BCUT2D eigenvalue weighted by Gasteiger charge is 2.14. The van der Waals surface area contributed by atoms with Crippen LogP contribution in [0.25, 0.3) is 11.2 Å². The van der Waals surface area contributed by atoms with Crippen molar-refractivity contribution < 1.29 is 13.6 Å².